The van der Waals surface area contributed by atoms with Crippen LogP contribution in [0.5, 0.6) is 5.75 Å². The molecule has 1 aromatic carbocycles. The van der Waals surface area contributed by atoms with Crippen LogP contribution in [0.2, 0.25) is 0 Å². The van der Waals surface area contributed by atoms with Gasteiger partial charge in [-0.25, -0.2) is 0 Å². The summed E-state index contributed by atoms with van der Waals surface area (Å²) in [6, 6.07) is 6.27. The monoisotopic (exact) mass is 346 g/mol. The second-order valence-corrected chi connectivity index (χ2v) is 7.04. The molecule has 0 amide bonds. The molecule has 1 heterocycles. The minimum Gasteiger partial charge on any atom is -0.508 e. The van der Waals surface area contributed by atoms with Crippen LogP contribution in [0.1, 0.15) is 43.5 Å². The molecule has 7 nitrogen and oxygen atoms in total. The summed E-state index contributed by atoms with van der Waals surface area (Å²) in [5.74, 6) is -2.09. The summed E-state index contributed by atoms with van der Waals surface area (Å²) in [6.07, 6.45) is -0.206. The van der Waals surface area contributed by atoms with Crippen LogP contribution in [0.15, 0.2) is 29.1 Å². The first-order chi connectivity index (χ1) is 11.7. The Morgan fingerprint density at radius 1 is 1.28 bits per heavy atom. The molecule has 0 saturated heterocycles. The molecule has 0 saturated carbocycles. The number of hydrogen-bond donors (Lipinski definition) is 4. The van der Waals surface area contributed by atoms with Crippen LogP contribution in [0.3, 0.4) is 0 Å². The number of phenolic OH excluding ortho intramolecular Hbond substituents is 1. The van der Waals surface area contributed by atoms with E-state index in [2.05, 4.69) is 10.2 Å². The van der Waals surface area contributed by atoms with Crippen molar-refractivity contribution in [1.82, 2.24) is 10.2 Å². The van der Waals surface area contributed by atoms with Crippen LogP contribution < -0.4 is 5.56 Å². The van der Waals surface area contributed by atoms with Crippen molar-refractivity contribution >= 4 is 5.97 Å². The number of rotatable bonds is 3. The van der Waals surface area contributed by atoms with Gasteiger partial charge in [0.2, 0.25) is 0 Å². The molecule has 0 aliphatic heterocycles. The maximum Gasteiger partial charge on any atom is 0.313 e. The predicted molar refractivity (Wildman–Crippen MR) is 90.4 cm³/mol. The molecule has 7 heteroatoms. The summed E-state index contributed by atoms with van der Waals surface area (Å²) in [5.41, 5.74) is -0.0857. The number of benzene rings is 1. The van der Waals surface area contributed by atoms with Gasteiger partial charge in [0.15, 0.2) is 0 Å². The van der Waals surface area contributed by atoms with E-state index in [0.717, 1.165) is 0 Å². The Hall–Kier alpha value is -2.54. The van der Waals surface area contributed by atoms with Crippen molar-refractivity contribution in [2.45, 2.75) is 44.8 Å². The fourth-order valence-corrected chi connectivity index (χ4v) is 3.60. The van der Waals surface area contributed by atoms with Crippen molar-refractivity contribution in [2.24, 2.45) is 5.92 Å². The number of aliphatic hydroxyl groups is 1. The largest absolute Gasteiger partial charge is 0.508 e. The van der Waals surface area contributed by atoms with E-state index in [4.69, 9.17) is 4.74 Å². The second kappa shape index (κ2) is 6.07. The summed E-state index contributed by atoms with van der Waals surface area (Å²) >= 11 is 0. The lowest BCUT2D eigenvalue weighted by atomic mass is 9.66. The zero-order valence-corrected chi connectivity index (χ0v) is 14.4. The molecule has 1 aliphatic carbocycles. The van der Waals surface area contributed by atoms with Crippen LogP contribution in [0, 0.1) is 5.92 Å². The summed E-state index contributed by atoms with van der Waals surface area (Å²) in [6.45, 7) is 5.04. The number of nitrogens with one attached hydrogen (secondary N) is 2. The van der Waals surface area contributed by atoms with Crippen molar-refractivity contribution in [3.63, 3.8) is 0 Å². The molecule has 2 aromatic rings. The molecule has 0 spiro atoms. The van der Waals surface area contributed by atoms with E-state index in [0.29, 0.717) is 16.8 Å². The Labute approximate surface area is 144 Å². The number of carbonyl (C=O) groups excluding carboxylic acids is 1. The number of fused-ring (bicyclic) bond motifs is 1. The van der Waals surface area contributed by atoms with Crippen molar-refractivity contribution in [3.8, 4) is 5.75 Å². The maximum absolute atomic E-state index is 12.8. The SMILES string of the molecule is CC(C)OC(=O)C1C(c2ccc(O)cc2)c2c([nH][nH]c2=O)CC1(C)O. The van der Waals surface area contributed by atoms with Crippen LogP contribution in [-0.4, -0.2) is 38.1 Å². The van der Waals surface area contributed by atoms with E-state index in [1.165, 1.54) is 12.1 Å². The van der Waals surface area contributed by atoms with Gasteiger partial charge in [-0.15, -0.1) is 0 Å². The molecule has 134 valence electrons. The molecule has 0 radical (unpaired) electrons. The average molecular weight is 346 g/mol. The van der Waals surface area contributed by atoms with E-state index < -0.39 is 23.4 Å². The van der Waals surface area contributed by atoms with Gasteiger partial charge in [0.25, 0.3) is 5.56 Å². The molecule has 3 unspecified atom stereocenters. The molecule has 0 bridgehead atoms. The molecule has 0 fully saturated rings. The summed E-state index contributed by atoms with van der Waals surface area (Å²) in [4.78, 5) is 25.1. The fourth-order valence-electron chi connectivity index (χ4n) is 3.60. The van der Waals surface area contributed by atoms with Gasteiger partial charge in [0.1, 0.15) is 5.75 Å². The van der Waals surface area contributed by atoms with Crippen LogP contribution in [0.25, 0.3) is 0 Å². The number of H-pyrrole nitrogens is 2. The quantitative estimate of drug-likeness (QED) is 0.627. The van der Waals surface area contributed by atoms with Crippen molar-refractivity contribution in [1.29, 1.82) is 0 Å². The first kappa shape index (κ1) is 17.3. The number of carbonyl (C=O) groups is 1. The molecule has 25 heavy (non-hydrogen) atoms. The van der Waals surface area contributed by atoms with Gasteiger partial charge in [-0.1, -0.05) is 12.1 Å². The Morgan fingerprint density at radius 3 is 2.52 bits per heavy atom. The third-order valence-corrected chi connectivity index (χ3v) is 4.60. The third-order valence-electron chi connectivity index (χ3n) is 4.60. The number of phenols is 1. The number of esters is 1. The van der Waals surface area contributed by atoms with Gasteiger partial charge in [0.05, 0.1) is 17.6 Å². The molecule has 1 aromatic heterocycles. The normalized spacial score (nSPS) is 25.6. The number of aromatic amines is 2. The standard InChI is InChI=1S/C18H22N2O5/c1-9(2)25-17(23)15-13(10-4-6-11(21)7-5-10)14-12(8-18(15,3)24)19-20-16(14)22/h4-7,9,13,15,21,24H,8H2,1-3H3,(H2,19,20,22). The zero-order chi connectivity index (χ0) is 18.4. The number of aromatic nitrogens is 2. The number of hydrogen-bond acceptors (Lipinski definition) is 5. The first-order valence-electron chi connectivity index (χ1n) is 8.22. The first-order valence-corrected chi connectivity index (χ1v) is 8.22. The zero-order valence-electron chi connectivity index (χ0n) is 14.4. The molecule has 1 aliphatic rings. The van der Waals surface area contributed by atoms with Gasteiger partial charge >= 0.3 is 5.97 Å². The topological polar surface area (TPSA) is 115 Å². The smallest absolute Gasteiger partial charge is 0.313 e. The van der Waals surface area contributed by atoms with Crippen LogP contribution in [-0.2, 0) is 16.0 Å². The summed E-state index contributed by atoms with van der Waals surface area (Å²) < 4.78 is 5.36. The highest BCUT2D eigenvalue weighted by Gasteiger charge is 2.51. The molecule has 3 rings (SSSR count). The Morgan fingerprint density at radius 2 is 1.92 bits per heavy atom. The van der Waals surface area contributed by atoms with Crippen LogP contribution >= 0.6 is 0 Å². The summed E-state index contributed by atoms with van der Waals surface area (Å²) in [5, 5.41) is 25.8. The Balaban J connectivity index is 2.18. The van der Waals surface area contributed by atoms with E-state index >= 15 is 0 Å². The van der Waals surface area contributed by atoms with Gasteiger partial charge in [-0.05, 0) is 38.5 Å². The maximum atomic E-state index is 12.8. The van der Waals surface area contributed by atoms with Crippen LogP contribution in [0.4, 0.5) is 0 Å². The van der Waals surface area contributed by atoms with Gasteiger partial charge in [-0.3, -0.25) is 14.7 Å². The highest BCUT2D eigenvalue weighted by atomic mass is 16.5. The van der Waals surface area contributed by atoms with E-state index in [-0.39, 0.29) is 23.8 Å². The fraction of sp³-hybridized carbons (Fsp3) is 0.444. The summed E-state index contributed by atoms with van der Waals surface area (Å²) in [7, 11) is 0. The second-order valence-electron chi connectivity index (χ2n) is 7.04. The van der Waals surface area contributed by atoms with Crippen molar-refractivity contribution in [2.75, 3.05) is 0 Å². The number of ether oxygens (including phenoxy) is 1. The molecule has 4 N–H and O–H groups in total. The third kappa shape index (κ3) is 3.07. The number of aromatic hydroxyl groups is 1. The van der Waals surface area contributed by atoms with E-state index in [9.17, 15) is 19.8 Å². The Bertz CT molecular complexity index is 832. The molecular formula is C18H22N2O5. The lowest BCUT2D eigenvalue weighted by Crippen LogP contribution is -2.50. The molecular weight excluding hydrogens is 324 g/mol. The highest BCUT2D eigenvalue weighted by molar-refractivity contribution is 5.77. The van der Waals surface area contributed by atoms with Gasteiger partial charge < -0.3 is 20.0 Å². The minimum atomic E-state index is -1.40. The Kier molecular flexibility index (Phi) is 4.20. The van der Waals surface area contributed by atoms with Gasteiger partial charge in [-0.2, -0.15) is 0 Å². The predicted octanol–water partition coefficient (Wildman–Crippen LogP) is 1.42. The minimum absolute atomic E-state index is 0.0795. The van der Waals surface area contributed by atoms with Crippen molar-refractivity contribution < 1.29 is 19.7 Å². The van der Waals surface area contributed by atoms with Gasteiger partial charge in [0, 0.05) is 23.6 Å². The lowest BCUT2D eigenvalue weighted by molar-refractivity contribution is -0.163. The lowest BCUT2D eigenvalue weighted by Gasteiger charge is -2.40. The van der Waals surface area contributed by atoms with E-state index in [1.54, 1.807) is 32.9 Å². The molecule has 3 atom stereocenters. The van der Waals surface area contributed by atoms with Crippen molar-refractivity contribution in [3.05, 3.63) is 51.4 Å². The van der Waals surface area contributed by atoms with E-state index in [1.807, 2.05) is 0 Å². The highest BCUT2D eigenvalue weighted by Crippen LogP contribution is 2.44. The average Bonchev–Trinajstić information content (AvgIpc) is 2.85.